The van der Waals surface area contributed by atoms with Crippen LogP contribution in [0.3, 0.4) is 0 Å². The molecule has 1 aliphatic carbocycles. The van der Waals surface area contributed by atoms with Crippen molar-refractivity contribution in [2.75, 3.05) is 4.90 Å². The lowest BCUT2D eigenvalue weighted by Gasteiger charge is -2.28. The minimum absolute atomic E-state index is 0.228. The molecule has 0 saturated carbocycles. The molecule has 0 bridgehead atoms. The first-order valence-electron chi connectivity index (χ1n) is 18.0. The molecule has 11 rings (SSSR count). The number of aromatic nitrogens is 1. The van der Waals surface area contributed by atoms with Crippen LogP contribution in [0.2, 0.25) is 0 Å². The highest BCUT2D eigenvalue weighted by Crippen LogP contribution is 2.54. The van der Waals surface area contributed by atoms with Gasteiger partial charge in [0.05, 0.1) is 16.7 Å². The summed E-state index contributed by atoms with van der Waals surface area (Å²) >= 11 is 1.86. The summed E-state index contributed by atoms with van der Waals surface area (Å²) in [5.74, 6) is 0. The third kappa shape index (κ3) is 4.11. The molecule has 0 amide bonds. The number of benzene rings is 8. The summed E-state index contributed by atoms with van der Waals surface area (Å²) < 4.78 is 5.12. The van der Waals surface area contributed by atoms with Gasteiger partial charge in [0.2, 0.25) is 0 Å². The van der Waals surface area contributed by atoms with Crippen molar-refractivity contribution in [3.8, 4) is 16.8 Å². The molecule has 1 aliphatic rings. The van der Waals surface area contributed by atoms with E-state index in [1.54, 1.807) is 0 Å². The maximum atomic E-state index is 2.49. The molecular formula is C49H34N2S. The molecule has 0 radical (unpaired) electrons. The van der Waals surface area contributed by atoms with E-state index in [1.807, 2.05) is 11.3 Å². The summed E-state index contributed by atoms with van der Waals surface area (Å²) in [5, 5.41) is 7.74. The first kappa shape index (κ1) is 29.6. The van der Waals surface area contributed by atoms with E-state index in [2.05, 4.69) is 193 Å². The molecule has 0 spiro atoms. The lowest BCUT2D eigenvalue weighted by atomic mass is 9.81. The van der Waals surface area contributed by atoms with Crippen LogP contribution in [0, 0.1) is 0 Å². The fraction of sp³-hybridized carbons (Fsp3) is 0.0612. The Balaban J connectivity index is 1.13. The molecule has 0 saturated heterocycles. The zero-order valence-corrected chi connectivity index (χ0v) is 29.8. The van der Waals surface area contributed by atoms with E-state index in [4.69, 9.17) is 0 Å². The Bertz CT molecular complexity index is 3000. The van der Waals surface area contributed by atoms with Crippen LogP contribution in [0.1, 0.15) is 25.0 Å². The average Bonchev–Trinajstić information content (AvgIpc) is 3.80. The third-order valence-corrected chi connectivity index (χ3v) is 12.5. The molecule has 246 valence electrons. The van der Waals surface area contributed by atoms with Crippen LogP contribution in [0.5, 0.6) is 0 Å². The number of rotatable bonds is 4. The van der Waals surface area contributed by atoms with Gasteiger partial charge in [0.25, 0.3) is 0 Å². The Morgan fingerprint density at radius 3 is 1.77 bits per heavy atom. The molecule has 2 heterocycles. The second-order valence-corrected chi connectivity index (χ2v) is 15.6. The molecule has 0 fully saturated rings. The predicted octanol–water partition coefficient (Wildman–Crippen LogP) is 14.1. The summed E-state index contributed by atoms with van der Waals surface area (Å²) in [7, 11) is 0. The fourth-order valence-corrected chi connectivity index (χ4v) is 10.0. The summed E-state index contributed by atoms with van der Waals surface area (Å²) in [4.78, 5) is 2.42. The number of para-hydroxylation sites is 3. The summed E-state index contributed by atoms with van der Waals surface area (Å²) in [6, 6.07) is 62.8. The minimum atomic E-state index is -0.228. The SMILES string of the molecule is CC1(C)c2cc(N(c3ccccc3)c3ccc4sc5ccccc5c4c3)ccc2-c2c1cc(-n1c3ccccc3c3ccccc31)c1ccccc21. The van der Waals surface area contributed by atoms with Crippen molar-refractivity contribution in [3.05, 3.63) is 181 Å². The quantitative estimate of drug-likeness (QED) is 0.179. The van der Waals surface area contributed by atoms with Gasteiger partial charge in [0.1, 0.15) is 0 Å². The van der Waals surface area contributed by atoms with Crippen molar-refractivity contribution in [2.45, 2.75) is 19.3 Å². The number of fused-ring (bicyclic) bond motifs is 11. The standard InChI is InChI=1S/C49H34N2S/c1-49(2)41-29-33(50(31-14-4-3-5-15-31)32-25-27-47-40(28-32)37-19-10-13-23-46(37)52-47)24-26-39(41)48-38-20-7-6-18-36(38)45(30-42(48)49)51-43-21-11-8-16-34(43)35-17-9-12-22-44(35)51/h3-30H,1-2H3. The zero-order chi connectivity index (χ0) is 34.6. The van der Waals surface area contributed by atoms with Gasteiger partial charge >= 0.3 is 0 Å². The molecule has 2 nitrogen and oxygen atoms in total. The summed E-state index contributed by atoms with van der Waals surface area (Å²) in [6.07, 6.45) is 0. The highest BCUT2D eigenvalue weighted by atomic mass is 32.1. The lowest BCUT2D eigenvalue weighted by molar-refractivity contribution is 0.660. The van der Waals surface area contributed by atoms with Crippen LogP contribution < -0.4 is 4.90 Å². The van der Waals surface area contributed by atoms with E-state index in [0.29, 0.717) is 0 Å². The van der Waals surface area contributed by atoms with Gasteiger partial charge in [-0.05, 0) is 94.4 Å². The van der Waals surface area contributed by atoms with Crippen LogP contribution in [0.25, 0.3) is 69.6 Å². The van der Waals surface area contributed by atoms with Crippen molar-refractivity contribution in [1.29, 1.82) is 0 Å². The number of thiophene rings is 1. The van der Waals surface area contributed by atoms with E-state index >= 15 is 0 Å². The molecule has 8 aromatic carbocycles. The Morgan fingerprint density at radius 2 is 1.02 bits per heavy atom. The number of hydrogen-bond donors (Lipinski definition) is 0. The van der Waals surface area contributed by atoms with E-state index in [9.17, 15) is 0 Å². The van der Waals surface area contributed by atoms with Crippen molar-refractivity contribution in [3.63, 3.8) is 0 Å². The largest absolute Gasteiger partial charge is 0.310 e. The molecule has 3 heteroatoms. The Labute approximate surface area is 306 Å². The van der Waals surface area contributed by atoms with E-state index in [-0.39, 0.29) is 5.41 Å². The van der Waals surface area contributed by atoms with Gasteiger partial charge in [-0.15, -0.1) is 11.3 Å². The van der Waals surface area contributed by atoms with Gasteiger partial charge in [-0.25, -0.2) is 0 Å². The molecule has 0 unspecified atom stereocenters. The maximum Gasteiger partial charge on any atom is 0.0544 e. The molecule has 52 heavy (non-hydrogen) atoms. The average molecular weight is 683 g/mol. The van der Waals surface area contributed by atoms with Crippen LogP contribution in [0.4, 0.5) is 17.1 Å². The lowest BCUT2D eigenvalue weighted by Crippen LogP contribution is -2.17. The molecule has 0 atom stereocenters. The van der Waals surface area contributed by atoms with Gasteiger partial charge in [-0.2, -0.15) is 0 Å². The molecule has 10 aromatic rings. The molecular weight excluding hydrogens is 649 g/mol. The van der Waals surface area contributed by atoms with Crippen LogP contribution in [-0.2, 0) is 5.41 Å². The normalized spacial score (nSPS) is 13.3. The van der Waals surface area contributed by atoms with Gasteiger partial charge in [0, 0.05) is 58.8 Å². The minimum Gasteiger partial charge on any atom is -0.310 e. The Hall–Kier alpha value is -6.16. The van der Waals surface area contributed by atoms with Gasteiger partial charge in [0.15, 0.2) is 0 Å². The predicted molar refractivity (Wildman–Crippen MR) is 223 cm³/mol. The highest BCUT2D eigenvalue weighted by molar-refractivity contribution is 7.25. The Morgan fingerprint density at radius 1 is 0.442 bits per heavy atom. The molecule has 2 aromatic heterocycles. The molecule has 0 N–H and O–H groups in total. The zero-order valence-electron chi connectivity index (χ0n) is 29.0. The molecule has 0 aliphatic heterocycles. The van der Waals surface area contributed by atoms with Gasteiger partial charge < -0.3 is 9.47 Å². The Kier molecular flexibility index (Phi) is 6.21. The number of nitrogens with zero attached hydrogens (tertiary/aromatic N) is 2. The maximum absolute atomic E-state index is 2.49. The van der Waals surface area contributed by atoms with Crippen molar-refractivity contribution < 1.29 is 0 Å². The topological polar surface area (TPSA) is 8.17 Å². The van der Waals surface area contributed by atoms with Crippen LogP contribution >= 0.6 is 11.3 Å². The summed E-state index contributed by atoms with van der Waals surface area (Å²) in [5.41, 5.74) is 12.3. The second kappa shape index (κ2) is 10.9. The van der Waals surface area contributed by atoms with E-state index in [0.717, 1.165) is 17.1 Å². The van der Waals surface area contributed by atoms with E-state index < -0.39 is 0 Å². The monoisotopic (exact) mass is 682 g/mol. The second-order valence-electron chi connectivity index (χ2n) is 14.5. The van der Waals surface area contributed by atoms with Crippen LogP contribution in [-0.4, -0.2) is 4.57 Å². The fourth-order valence-electron chi connectivity index (χ4n) is 8.94. The highest BCUT2D eigenvalue weighted by Gasteiger charge is 2.38. The first-order chi connectivity index (χ1) is 25.6. The van der Waals surface area contributed by atoms with Gasteiger partial charge in [-0.3, -0.25) is 0 Å². The van der Waals surface area contributed by atoms with Crippen molar-refractivity contribution in [2.24, 2.45) is 0 Å². The third-order valence-electron chi connectivity index (χ3n) is 11.4. The van der Waals surface area contributed by atoms with E-state index in [1.165, 1.54) is 80.7 Å². The summed E-state index contributed by atoms with van der Waals surface area (Å²) in [6.45, 7) is 4.81. The van der Waals surface area contributed by atoms with Crippen LogP contribution in [0.15, 0.2) is 170 Å². The van der Waals surface area contributed by atoms with Crippen molar-refractivity contribution in [1.82, 2.24) is 4.57 Å². The number of hydrogen-bond acceptors (Lipinski definition) is 2. The van der Waals surface area contributed by atoms with Gasteiger partial charge in [-0.1, -0.05) is 117 Å². The first-order valence-corrected chi connectivity index (χ1v) is 18.8. The van der Waals surface area contributed by atoms with Crippen molar-refractivity contribution >= 4 is 81.1 Å². The number of anilines is 3. The smallest absolute Gasteiger partial charge is 0.0544 e.